The molecular formula is C10H8F2N2O. The number of aromatic nitrogens is 1. The van der Waals surface area contributed by atoms with Gasteiger partial charge in [-0.15, -0.1) is 0 Å². The van der Waals surface area contributed by atoms with Crippen LogP contribution in [0.15, 0.2) is 29.0 Å². The third kappa shape index (κ3) is 1.61. The Hall–Kier alpha value is -1.75. The maximum atomic E-state index is 13.4. The van der Waals surface area contributed by atoms with E-state index in [2.05, 4.69) is 4.98 Å². The number of hydrogen-bond acceptors (Lipinski definition) is 3. The van der Waals surface area contributed by atoms with Gasteiger partial charge in [0.25, 0.3) is 0 Å². The first-order valence-electron chi connectivity index (χ1n) is 4.31. The van der Waals surface area contributed by atoms with Crippen LogP contribution in [0.1, 0.15) is 5.69 Å². The van der Waals surface area contributed by atoms with Crippen LogP contribution >= 0.6 is 0 Å². The summed E-state index contributed by atoms with van der Waals surface area (Å²) in [4.78, 5) is 3.80. The lowest BCUT2D eigenvalue weighted by molar-refractivity contribution is 0.503. The molecule has 1 heterocycles. The van der Waals surface area contributed by atoms with E-state index in [4.69, 9.17) is 10.2 Å². The minimum absolute atomic E-state index is 0.0351. The van der Waals surface area contributed by atoms with Crippen LogP contribution in [0.2, 0.25) is 0 Å². The van der Waals surface area contributed by atoms with Gasteiger partial charge in [-0.1, -0.05) is 6.07 Å². The highest BCUT2D eigenvalue weighted by Gasteiger charge is 2.16. The third-order valence-corrected chi connectivity index (χ3v) is 2.03. The highest BCUT2D eigenvalue weighted by molar-refractivity contribution is 5.60. The number of oxazole rings is 1. The summed E-state index contributed by atoms with van der Waals surface area (Å²) < 4.78 is 31.3. The second-order valence-corrected chi connectivity index (χ2v) is 2.93. The molecule has 2 N–H and O–H groups in total. The largest absolute Gasteiger partial charge is 0.443 e. The van der Waals surface area contributed by atoms with Crippen LogP contribution in [-0.2, 0) is 6.54 Å². The molecule has 0 aliphatic rings. The normalized spacial score (nSPS) is 10.6. The van der Waals surface area contributed by atoms with E-state index in [1.54, 1.807) is 0 Å². The Balaban J connectivity index is 2.59. The second-order valence-electron chi connectivity index (χ2n) is 2.93. The van der Waals surface area contributed by atoms with Crippen LogP contribution in [0, 0.1) is 11.6 Å². The Labute approximate surface area is 84.5 Å². The van der Waals surface area contributed by atoms with Crippen molar-refractivity contribution < 1.29 is 13.2 Å². The molecule has 2 rings (SSSR count). The van der Waals surface area contributed by atoms with Crippen molar-refractivity contribution in [2.75, 3.05) is 0 Å². The molecule has 0 aliphatic heterocycles. The molecule has 0 fully saturated rings. The molecule has 1 aromatic heterocycles. The summed E-state index contributed by atoms with van der Waals surface area (Å²) in [6.45, 7) is 0.113. The fraction of sp³-hybridized carbons (Fsp3) is 0.100. The number of hydrogen-bond donors (Lipinski definition) is 1. The average Bonchev–Trinajstić information content (AvgIpc) is 2.70. The molecule has 15 heavy (non-hydrogen) atoms. The molecule has 0 saturated carbocycles. The average molecular weight is 210 g/mol. The molecular weight excluding hydrogens is 202 g/mol. The Bertz CT molecular complexity index is 482. The van der Waals surface area contributed by atoms with E-state index in [1.807, 2.05) is 0 Å². The first kappa shape index (κ1) is 9.79. The van der Waals surface area contributed by atoms with Crippen molar-refractivity contribution in [3.8, 4) is 11.3 Å². The summed E-state index contributed by atoms with van der Waals surface area (Å²) in [5.41, 5.74) is 5.82. The molecule has 2 aromatic rings. The van der Waals surface area contributed by atoms with Gasteiger partial charge in [-0.25, -0.2) is 13.8 Å². The third-order valence-electron chi connectivity index (χ3n) is 2.03. The van der Waals surface area contributed by atoms with Crippen LogP contribution < -0.4 is 5.73 Å². The van der Waals surface area contributed by atoms with Crippen LogP contribution in [-0.4, -0.2) is 4.98 Å². The standard InChI is InChI=1S/C10H8F2N2O/c11-7-3-1-2-6(9(7)12)10-8(4-13)14-5-15-10/h1-3,5H,4,13H2. The molecule has 0 radical (unpaired) electrons. The van der Waals surface area contributed by atoms with Crippen LogP contribution in [0.5, 0.6) is 0 Å². The Morgan fingerprint density at radius 3 is 2.87 bits per heavy atom. The van der Waals surface area contributed by atoms with Gasteiger partial charge in [-0.3, -0.25) is 0 Å². The van der Waals surface area contributed by atoms with Crippen molar-refractivity contribution in [3.05, 3.63) is 41.9 Å². The van der Waals surface area contributed by atoms with E-state index in [9.17, 15) is 8.78 Å². The fourth-order valence-corrected chi connectivity index (χ4v) is 1.31. The summed E-state index contributed by atoms with van der Waals surface area (Å²) in [6, 6.07) is 3.85. The summed E-state index contributed by atoms with van der Waals surface area (Å²) in [5, 5.41) is 0. The molecule has 0 spiro atoms. The van der Waals surface area contributed by atoms with E-state index < -0.39 is 11.6 Å². The molecule has 78 valence electrons. The molecule has 3 nitrogen and oxygen atoms in total. The van der Waals surface area contributed by atoms with E-state index in [0.29, 0.717) is 5.69 Å². The second kappa shape index (κ2) is 3.78. The van der Waals surface area contributed by atoms with Gasteiger partial charge in [0.2, 0.25) is 0 Å². The summed E-state index contributed by atoms with van der Waals surface area (Å²) >= 11 is 0. The molecule has 1 aromatic carbocycles. The van der Waals surface area contributed by atoms with Gasteiger partial charge in [0.05, 0.1) is 5.56 Å². The molecule has 0 aliphatic carbocycles. The number of rotatable bonds is 2. The number of halogens is 2. The molecule has 5 heteroatoms. The van der Waals surface area contributed by atoms with Crippen molar-refractivity contribution in [1.29, 1.82) is 0 Å². The molecule has 0 bridgehead atoms. The fourth-order valence-electron chi connectivity index (χ4n) is 1.31. The number of nitrogens with zero attached hydrogens (tertiary/aromatic N) is 1. The van der Waals surface area contributed by atoms with Gasteiger partial charge in [-0.05, 0) is 12.1 Å². The van der Waals surface area contributed by atoms with Crippen molar-refractivity contribution in [2.24, 2.45) is 5.73 Å². The minimum Gasteiger partial charge on any atom is -0.443 e. The van der Waals surface area contributed by atoms with E-state index >= 15 is 0 Å². The van der Waals surface area contributed by atoms with Crippen molar-refractivity contribution in [1.82, 2.24) is 4.98 Å². The zero-order chi connectivity index (χ0) is 10.8. The van der Waals surface area contributed by atoms with Gasteiger partial charge < -0.3 is 10.2 Å². The smallest absolute Gasteiger partial charge is 0.181 e. The predicted octanol–water partition coefficient (Wildman–Crippen LogP) is 2.08. The van der Waals surface area contributed by atoms with Crippen molar-refractivity contribution >= 4 is 0 Å². The highest BCUT2D eigenvalue weighted by atomic mass is 19.2. The lowest BCUT2D eigenvalue weighted by Gasteiger charge is -2.01. The summed E-state index contributed by atoms with van der Waals surface area (Å²) in [6.07, 6.45) is 1.15. The highest BCUT2D eigenvalue weighted by Crippen LogP contribution is 2.26. The zero-order valence-corrected chi connectivity index (χ0v) is 7.71. The Morgan fingerprint density at radius 1 is 1.33 bits per heavy atom. The summed E-state index contributed by atoms with van der Waals surface area (Å²) in [5.74, 6) is -1.70. The van der Waals surface area contributed by atoms with E-state index in [-0.39, 0.29) is 17.9 Å². The minimum atomic E-state index is -0.955. The van der Waals surface area contributed by atoms with Gasteiger partial charge in [0, 0.05) is 6.54 Å². The van der Waals surface area contributed by atoms with Gasteiger partial charge in [0.15, 0.2) is 23.8 Å². The van der Waals surface area contributed by atoms with Crippen molar-refractivity contribution in [2.45, 2.75) is 6.54 Å². The lowest BCUT2D eigenvalue weighted by Crippen LogP contribution is -1.99. The van der Waals surface area contributed by atoms with E-state index in [1.165, 1.54) is 12.1 Å². The quantitative estimate of drug-likeness (QED) is 0.825. The van der Waals surface area contributed by atoms with Gasteiger partial charge >= 0.3 is 0 Å². The Kier molecular flexibility index (Phi) is 2.47. The van der Waals surface area contributed by atoms with Crippen LogP contribution in [0.3, 0.4) is 0 Å². The topological polar surface area (TPSA) is 52.0 Å². The Morgan fingerprint density at radius 2 is 2.13 bits per heavy atom. The zero-order valence-electron chi connectivity index (χ0n) is 7.71. The molecule has 0 unspecified atom stereocenters. The number of nitrogens with two attached hydrogens (primary N) is 1. The first-order chi connectivity index (χ1) is 7.24. The SMILES string of the molecule is NCc1ncoc1-c1cccc(F)c1F. The molecule has 0 saturated heterocycles. The number of benzene rings is 1. The van der Waals surface area contributed by atoms with Crippen molar-refractivity contribution in [3.63, 3.8) is 0 Å². The monoisotopic (exact) mass is 210 g/mol. The van der Waals surface area contributed by atoms with Crippen LogP contribution in [0.4, 0.5) is 8.78 Å². The maximum Gasteiger partial charge on any atom is 0.181 e. The first-order valence-corrected chi connectivity index (χ1v) is 4.31. The van der Waals surface area contributed by atoms with Gasteiger partial charge in [0.1, 0.15) is 5.69 Å². The molecule has 0 amide bonds. The van der Waals surface area contributed by atoms with E-state index in [0.717, 1.165) is 12.5 Å². The molecule has 0 atom stereocenters. The maximum absolute atomic E-state index is 13.4. The lowest BCUT2D eigenvalue weighted by atomic mass is 10.1. The predicted molar refractivity (Wildman–Crippen MR) is 49.7 cm³/mol. The van der Waals surface area contributed by atoms with Crippen LogP contribution in [0.25, 0.3) is 11.3 Å². The summed E-state index contributed by atoms with van der Waals surface area (Å²) in [7, 11) is 0. The van der Waals surface area contributed by atoms with Gasteiger partial charge in [-0.2, -0.15) is 0 Å².